The minimum atomic E-state index is -0.0610. The highest BCUT2D eigenvalue weighted by Gasteiger charge is 2.26. The predicted octanol–water partition coefficient (Wildman–Crippen LogP) is 3.54. The lowest BCUT2D eigenvalue weighted by Crippen LogP contribution is -2.48. The topological polar surface area (TPSA) is 86.8 Å². The maximum atomic E-state index is 13.1. The normalized spacial score (nSPS) is 14.1. The Kier molecular flexibility index (Phi) is 6.17. The van der Waals surface area contributed by atoms with Crippen LogP contribution in [0.25, 0.3) is 16.9 Å². The molecule has 176 valence electrons. The first-order valence-electron chi connectivity index (χ1n) is 11.6. The number of amides is 1. The zero-order valence-electron chi connectivity index (χ0n) is 19.8. The molecule has 35 heavy (non-hydrogen) atoms. The third-order valence-electron chi connectivity index (χ3n) is 6.43. The van der Waals surface area contributed by atoms with Gasteiger partial charge in [-0.2, -0.15) is 5.26 Å². The van der Waals surface area contributed by atoms with Gasteiger partial charge in [-0.05, 0) is 36.8 Å². The first-order chi connectivity index (χ1) is 17.1. The fourth-order valence-electron chi connectivity index (χ4n) is 4.44. The Morgan fingerprint density at radius 1 is 1.03 bits per heavy atom. The van der Waals surface area contributed by atoms with Gasteiger partial charge in [0.25, 0.3) is 5.91 Å². The molecule has 3 aromatic heterocycles. The molecule has 0 radical (unpaired) electrons. The van der Waals surface area contributed by atoms with E-state index in [0.717, 1.165) is 41.3 Å². The monoisotopic (exact) mass is 466 g/mol. The van der Waals surface area contributed by atoms with Crippen molar-refractivity contribution in [1.82, 2.24) is 24.2 Å². The first kappa shape index (κ1) is 22.6. The molecule has 8 nitrogen and oxygen atoms in total. The number of fused-ring (bicyclic) bond motifs is 1. The van der Waals surface area contributed by atoms with E-state index in [-0.39, 0.29) is 5.91 Å². The van der Waals surface area contributed by atoms with Gasteiger partial charge in [0.15, 0.2) is 0 Å². The lowest BCUT2D eigenvalue weighted by Gasteiger charge is -2.34. The number of pyridine rings is 2. The quantitative estimate of drug-likeness (QED) is 0.447. The Morgan fingerprint density at radius 2 is 1.80 bits per heavy atom. The second-order valence-electron chi connectivity index (χ2n) is 8.61. The molecule has 0 saturated carbocycles. The van der Waals surface area contributed by atoms with Gasteiger partial charge in [-0.25, -0.2) is 9.97 Å². The van der Waals surface area contributed by atoms with Crippen molar-refractivity contribution in [3.05, 3.63) is 83.3 Å². The van der Waals surface area contributed by atoms with Crippen molar-refractivity contribution in [2.45, 2.75) is 13.5 Å². The molecule has 1 aliphatic heterocycles. The molecule has 0 N–H and O–H groups in total. The Balaban J connectivity index is 1.35. The van der Waals surface area contributed by atoms with E-state index in [1.165, 1.54) is 0 Å². The van der Waals surface area contributed by atoms with Crippen molar-refractivity contribution < 1.29 is 9.53 Å². The van der Waals surface area contributed by atoms with Gasteiger partial charge in [0, 0.05) is 50.6 Å². The predicted molar refractivity (Wildman–Crippen MR) is 132 cm³/mol. The third-order valence-corrected chi connectivity index (χ3v) is 6.43. The van der Waals surface area contributed by atoms with Crippen LogP contribution in [0.2, 0.25) is 0 Å². The molecule has 1 aromatic carbocycles. The molecule has 1 amide bonds. The lowest BCUT2D eigenvalue weighted by atomic mass is 10.1. The summed E-state index contributed by atoms with van der Waals surface area (Å²) in [6.45, 7) is 5.35. The standard InChI is InChI=1S/C27H26N6O2/c1-19-6-11-24(35-2)30-25(19)27(34)32-15-13-31(14-16-32)18-22-26(21-9-7-20(17-28)8-10-21)29-23-5-3-4-12-33(22)23/h3-12H,13-16,18H2,1-2H3. The smallest absolute Gasteiger partial charge is 0.272 e. The number of nitriles is 1. The first-order valence-corrected chi connectivity index (χ1v) is 11.6. The molecule has 1 saturated heterocycles. The highest BCUT2D eigenvalue weighted by atomic mass is 16.5. The van der Waals surface area contributed by atoms with E-state index >= 15 is 0 Å². The summed E-state index contributed by atoms with van der Waals surface area (Å²) in [5.74, 6) is 0.384. The second kappa shape index (κ2) is 9.57. The van der Waals surface area contributed by atoms with E-state index in [4.69, 9.17) is 15.0 Å². The fourth-order valence-corrected chi connectivity index (χ4v) is 4.44. The van der Waals surface area contributed by atoms with Crippen LogP contribution >= 0.6 is 0 Å². The van der Waals surface area contributed by atoms with Crippen LogP contribution in [0.4, 0.5) is 0 Å². The molecule has 5 rings (SSSR count). The minimum absolute atomic E-state index is 0.0610. The number of carbonyl (C=O) groups excluding carboxylic acids is 1. The molecule has 1 aliphatic rings. The largest absolute Gasteiger partial charge is 0.481 e. The summed E-state index contributed by atoms with van der Waals surface area (Å²) in [5.41, 5.74) is 5.79. The van der Waals surface area contributed by atoms with Gasteiger partial charge in [0.05, 0.1) is 30.1 Å². The van der Waals surface area contributed by atoms with Crippen LogP contribution < -0.4 is 4.74 Å². The summed E-state index contributed by atoms with van der Waals surface area (Å²) >= 11 is 0. The van der Waals surface area contributed by atoms with Crippen LogP contribution in [0, 0.1) is 18.3 Å². The van der Waals surface area contributed by atoms with Crippen molar-refractivity contribution in [3.8, 4) is 23.2 Å². The van der Waals surface area contributed by atoms with Gasteiger partial charge >= 0.3 is 0 Å². The molecule has 0 atom stereocenters. The fraction of sp³-hybridized carbons (Fsp3) is 0.259. The average molecular weight is 467 g/mol. The number of carbonyl (C=O) groups is 1. The van der Waals surface area contributed by atoms with E-state index in [2.05, 4.69) is 20.4 Å². The number of benzene rings is 1. The van der Waals surface area contributed by atoms with Crippen LogP contribution in [-0.2, 0) is 6.54 Å². The lowest BCUT2D eigenvalue weighted by molar-refractivity contribution is 0.0619. The summed E-state index contributed by atoms with van der Waals surface area (Å²) in [5, 5.41) is 9.14. The van der Waals surface area contributed by atoms with Gasteiger partial charge in [0.2, 0.25) is 5.88 Å². The van der Waals surface area contributed by atoms with E-state index < -0.39 is 0 Å². The molecule has 1 fully saturated rings. The molecule has 0 unspecified atom stereocenters. The number of imidazole rings is 1. The van der Waals surface area contributed by atoms with E-state index in [0.29, 0.717) is 36.8 Å². The Morgan fingerprint density at radius 3 is 2.51 bits per heavy atom. The maximum absolute atomic E-state index is 13.1. The highest BCUT2D eigenvalue weighted by molar-refractivity contribution is 5.94. The van der Waals surface area contributed by atoms with Crippen LogP contribution in [0.15, 0.2) is 60.8 Å². The molecule has 8 heteroatoms. The van der Waals surface area contributed by atoms with Gasteiger partial charge in [-0.1, -0.05) is 24.3 Å². The number of methoxy groups -OCH3 is 1. The molecule has 0 aliphatic carbocycles. The molecule has 0 spiro atoms. The summed E-state index contributed by atoms with van der Waals surface area (Å²) in [6.07, 6.45) is 2.03. The Labute approximate surface area is 204 Å². The summed E-state index contributed by atoms with van der Waals surface area (Å²) in [6, 6.07) is 19.3. The van der Waals surface area contributed by atoms with Crippen molar-refractivity contribution >= 4 is 11.6 Å². The maximum Gasteiger partial charge on any atom is 0.272 e. The number of hydrogen-bond donors (Lipinski definition) is 0. The number of aryl methyl sites for hydroxylation is 1. The summed E-state index contributed by atoms with van der Waals surface area (Å²) in [7, 11) is 1.55. The number of ether oxygens (including phenoxy) is 1. The minimum Gasteiger partial charge on any atom is -0.481 e. The van der Waals surface area contributed by atoms with Crippen LogP contribution in [0.5, 0.6) is 5.88 Å². The molecule has 0 bridgehead atoms. The average Bonchev–Trinajstić information content (AvgIpc) is 3.27. The zero-order valence-corrected chi connectivity index (χ0v) is 19.8. The number of hydrogen-bond acceptors (Lipinski definition) is 6. The summed E-state index contributed by atoms with van der Waals surface area (Å²) in [4.78, 5) is 26.6. The van der Waals surface area contributed by atoms with Gasteiger partial charge in [-0.3, -0.25) is 9.69 Å². The van der Waals surface area contributed by atoms with Crippen molar-refractivity contribution in [1.29, 1.82) is 5.26 Å². The molecular formula is C27H26N6O2. The van der Waals surface area contributed by atoms with E-state index in [1.807, 2.05) is 66.6 Å². The van der Waals surface area contributed by atoms with Gasteiger partial charge in [-0.15, -0.1) is 0 Å². The van der Waals surface area contributed by atoms with Crippen molar-refractivity contribution in [2.24, 2.45) is 0 Å². The summed E-state index contributed by atoms with van der Waals surface area (Å²) < 4.78 is 7.32. The number of nitrogens with zero attached hydrogens (tertiary/aromatic N) is 6. The Hall–Kier alpha value is -4.22. The van der Waals surface area contributed by atoms with Crippen molar-refractivity contribution in [2.75, 3.05) is 33.3 Å². The SMILES string of the molecule is COc1ccc(C)c(C(=O)N2CCN(Cc3c(-c4ccc(C#N)cc4)nc4ccccn34)CC2)n1. The van der Waals surface area contributed by atoms with E-state index in [1.54, 1.807) is 13.2 Å². The highest BCUT2D eigenvalue weighted by Crippen LogP contribution is 2.26. The van der Waals surface area contributed by atoms with Crippen LogP contribution in [-0.4, -0.2) is 63.4 Å². The number of piperazine rings is 1. The van der Waals surface area contributed by atoms with Gasteiger partial charge < -0.3 is 14.0 Å². The van der Waals surface area contributed by atoms with Gasteiger partial charge in [0.1, 0.15) is 11.3 Å². The Bertz CT molecular complexity index is 1410. The van der Waals surface area contributed by atoms with Crippen LogP contribution in [0.1, 0.15) is 27.3 Å². The second-order valence-corrected chi connectivity index (χ2v) is 8.61. The molecule has 4 aromatic rings. The zero-order chi connectivity index (χ0) is 24.4. The van der Waals surface area contributed by atoms with Crippen LogP contribution in [0.3, 0.4) is 0 Å². The van der Waals surface area contributed by atoms with E-state index in [9.17, 15) is 4.79 Å². The van der Waals surface area contributed by atoms with Crippen molar-refractivity contribution in [3.63, 3.8) is 0 Å². The number of aromatic nitrogens is 3. The third kappa shape index (κ3) is 4.46. The molecule has 4 heterocycles. The number of rotatable bonds is 5. The molecular weight excluding hydrogens is 440 g/mol.